The van der Waals surface area contributed by atoms with Gasteiger partial charge in [0.05, 0.1) is 25.0 Å². The summed E-state index contributed by atoms with van der Waals surface area (Å²) in [6.07, 6.45) is 3.31. The highest BCUT2D eigenvalue weighted by Gasteiger charge is 2.02. The van der Waals surface area contributed by atoms with E-state index in [1.807, 2.05) is 32.0 Å². The molecule has 3 N–H and O–H groups in total. The van der Waals surface area contributed by atoms with Crippen molar-refractivity contribution in [3.8, 4) is 11.6 Å². The average Bonchev–Trinajstić information content (AvgIpc) is 2.43. The summed E-state index contributed by atoms with van der Waals surface area (Å²) >= 11 is 0. The van der Waals surface area contributed by atoms with Crippen molar-refractivity contribution >= 4 is 11.5 Å². The summed E-state index contributed by atoms with van der Waals surface area (Å²) in [6, 6.07) is 7.33. The Balaban J connectivity index is 1.78. The molecule has 0 saturated carbocycles. The molecule has 0 bridgehead atoms. The zero-order valence-corrected chi connectivity index (χ0v) is 12.2. The lowest BCUT2D eigenvalue weighted by atomic mass is 10.3. The van der Waals surface area contributed by atoms with Crippen molar-refractivity contribution in [1.82, 2.24) is 9.97 Å². The summed E-state index contributed by atoms with van der Waals surface area (Å²) in [5, 5.41) is 3.13. The Bertz CT molecular complexity index is 575. The number of nitrogens with zero attached hydrogens (tertiary/aromatic N) is 2. The van der Waals surface area contributed by atoms with Crippen LogP contribution in [0.5, 0.6) is 11.6 Å². The predicted octanol–water partition coefficient (Wildman–Crippen LogP) is 2.34. The fourth-order valence-electron chi connectivity index (χ4n) is 1.68. The fraction of sp³-hybridized carbons (Fsp3) is 0.333. The standard InChI is InChI=1S/C15H20N4O2/c1-11(2)21-15-10-17-9-14(19-15)18-6-7-20-13-5-3-4-12(16)8-13/h3-5,8-11H,6-7,16H2,1-2H3,(H,18,19). The van der Waals surface area contributed by atoms with Gasteiger partial charge >= 0.3 is 0 Å². The molecule has 0 radical (unpaired) electrons. The van der Waals surface area contributed by atoms with E-state index in [9.17, 15) is 0 Å². The van der Waals surface area contributed by atoms with E-state index in [4.69, 9.17) is 15.2 Å². The number of anilines is 2. The smallest absolute Gasteiger partial charge is 0.234 e. The summed E-state index contributed by atoms with van der Waals surface area (Å²) < 4.78 is 11.1. The highest BCUT2D eigenvalue weighted by molar-refractivity contribution is 5.43. The first-order valence-corrected chi connectivity index (χ1v) is 6.84. The summed E-state index contributed by atoms with van der Waals surface area (Å²) in [4.78, 5) is 8.38. The minimum atomic E-state index is 0.0708. The first-order chi connectivity index (χ1) is 10.1. The molecule has 0 aliphatic heterocycles. The molecule has 0 unspecified atom stereocenters. The predicted molar refractivity (Wildman–Crippen MR) is 82.6 cm³/mol. The molecule has 0 saturated heterocycles. The highest BCUT2D eigenvalue weighted by Crippen LogP contribution is 2.14. The van der Waals surface area contributed by atoms with E-state index in [-0.39, 0.29) is 6.10 Å². The van der Waals surface area contributed by atoms with Crippen molar-refractivity contribution < 1.29 is 9.47 Å². The average molecular weight is 288 g/mol. The molecule has 1 aromatic carbocycles. The molecule has 1 heterocycles. The molecular weight excluding hydrogens is 268 g/mol. The molecule has 112 valence electrons. The van der Waals surface area contributed by atoms with Crippen LogP contribution in [-0.2, 0) is 0 Å². The van der Waals surface area contributed by atoms with Gasteiger partial charge in [-0.05, 0) is 26.0 Å². The van der Waals surface area contributed by atoms with Crippen molar-refractivity contribution in [1.29, 1.82) is 0 Å². The first kappa shape index (κ1) is 14.9. The molecule has 0 atom stereocenters. The van der Waals surface area contributed by atoms with Crippen LogP contribution >= 0.6 is 0 Å². The van der Waals surface area contributed by atoms with Crippen molar-refractivity contribution in [2.24, 2.45) is 0 Å². The Morgan fingerprint density at radius 1 is 1.29 bits per heavy atom. The van der Waals surface area contributed by atoms with Gasteiger partial charge in [-0.25, -0.2) is 0 Å². The Labute approximate surface area is 124 Å². The molecule has 0 amide bonds. The lowest BCUT2D eigenvalue weighted by Crippen LogP contribution is -2.13. The summed E-state index contributed by atoms with van der Waals surface area (Å²) in [7, 11) is 0. The van der Waals surface area contributed by atoms with Gasteiger partial charge in [-0.2, -0.15) is 4.98 Å². The van der Waals surface area contributed by atoms with Crippen LogP contribution in [0.2, 0.25) is 0 Å². The van der Waals surface area contributed by atoms with Crippen molar-refractivity contribution in [2.45, 2.75) is 20.0 Å². The van der Waals surface area contributed by atoms with E-state index in [0.717, 1.165) is 5.75 Å². The van der Waals surface area contributed by atoms with Crippen molar-refractivity contribution in [3.63, 3.8) is 0 Å². The number of nitrogens with one attached hydrogen (secondary N) is 1. The molecule has 6 nitrogen and oxygen atoms in total. The maximum absolute atomic E-state index is 5.68. The normalized spacial score (nSPS) is 10.4. The SMILES string of the molecule is CC(C)Oc1cncc(NCCOc2cccc(N)c2)n1. The maximum atomic E-state index is 5.68. The summed E-state index contributed by atoms with van der Waals surface area (Å²) in [5.74, 6) is 1.91. The molecule has 0 fully saturated rings. The molecule has 2 rings (SSSR count). The van der Waals surface area contributed by atoms with Crippen molar-refractivity contribution in [3.05, 3.63) is 36.7 Å². The molecule has 0 aliphatic rings. The van der Waals surface area contributed by atoms with Gasteiger partial charge in [-0.3, -0.25) is 4.98 Å². The van der Waals surface area contributed by atoms with Gasteiger partial charge in [0.25, 0.3) is 0 Å². The molecule has 2 aromatic rings. The molecule has 0 aliphatic carbocycles. The number of aromatic nitrogens is 2. The second-order valence-corrected chi connectivity index (χ2v) is 4.76. The van der Waals surface area contributed by atoms with Gasteiger partial charge in [0.2, 0.25) is 5.88 Å². The Kier molecular flexibility index (Phi) is 5.20. The van der Waals surface area contributed by atoms with Crippen LogP contribution in [0.25, 0.3) is 0 Å². The minimum absolute atomic E-state index is 0.0708. The number of hydrogen-bond acceptors (Lipinski definition) is 6. The van der Waals surface area contributed by atoms with Crippen LogP contribution in [0.15, 0.2) is 36.7 Å². The van der Waals surface area contributed by atoms with Gasteiger partial charge in [0, 0.05) is 11.8 Å². The molecular formula is C15H20N4O2. The van der Waals surface area contributed by atoms with Gasteiger partial charge in [0.1, 0.15) is 18.2 Å². The third-order valence-corrected chi connectivity index (χ3v) is 2.50. The maximum Gasteiger partial charge on any atom is 0.234 e. The zero-order valence-electron chi connectivity index (χ0n) is 12.2. The number of hydrogen-bond donors (Lipinski definition) is 2. The molecule has 0 spiro atoms. The Hall–Kier alpha value is -2.50. The van der Waals surface area contributed by atoms with E-state index in [1.165, 1.54) is 0 Å². The quantitative estimate of drug-likeness (QED) is 0.601. The van der Waals surface area contributed by atoms with Crippen LogP contribution in [0, 0.1) is 0 Å². The zero-order chi connectivity index (χ0) is 15.1. The number of benzene rings is 1. The summed E-state index contributed by atoms with van der Waals surface area (Å²) in [5.41, 5.74) is 6.37. The lowest BCUT2D eigenvalue weighted by molar-refractivity contribution is 0.232. The fourth-order valence-corrected chi connectivity index (χ4v) is 1.68. The molecule has 1 aromatic heterocycles. The number of ether oxygens (including phenoxy) is 2. The second-order valence-electron chi connectivity index (χ2n) is 4.76. The Morgan fingerprint density at radius 2 is 2.14 bits per heavy atom. The van der Waals surface area contributed by atoms with Crippen LogP contribution in [0.1, 0.15) is 13.8 Å². The van der Waals surface area contributed by atoms with Gasteiger partial charge in [0.15, 0.2) is 0 Å². The van der Waals surface area contributed by atoms with Gasteiger partial charge in [-0.1, -0.05) is 6.07 Å². The number of rotatable bonds is 7. The van der Waals surface area contributed by atoms with Crippen LogP contribution in [0.3, 0.4) is 0 Å². The largest absolute Gasteiger partial charge is 0.492 e. The number of nitrogens with two attached hydrogens (primary N) is 1. The van der Waals surface area contributed by atoms with Crippen LogP contribution in [0.4, 0.5) is 11.5 Å². The highest BCUT2D eigenvalue weighted by atomic mass is 16.5. The van der Waals surface area contributed by atoms with Gasteiger partial charge < -0.3 is 20.5 Å². The monoisotopic (exact) mass is 288 g/mol. The van der Waals surface area contributed by atoms with Crippen molar-refractivity contribution in [2.75, 3.05) is 24.2 Å². The molecule has 6 heteroatoms. The third kappa shape index (κ3) is 5.18. The van der Waals surface area contributed by atoms with Crippen LogP contribution in [-0.4, -0.2) is 29.2 Å². The summed E-state index contributed by atoms with van der Waals surface area (Å²) in [6.45, 7) is 5.00. The van der Waals surface area contributed by atoms with Gasteiger partial charge in [-0.15, -0.1) is 0 Å². The van der Waals surface area contributed by atoms with Crippen LogP contribution < -0.4 is 20.5 Å². The van der Waals surface area contributed by atoms with E-state index in [2.05, 4.69) is 15.3 Å². The minimum Gasteiger partial charge on any atom is -0.492 e. The molecule has 21 heavy (non-hydrogen) atoms. The number of nitrogen functional groups attached to an aromatic ring is 1. The third-order valence-electron chi connectivity index (χ3n) is 2.50. The first-order valence-electron chi connectivity index (χ1n) is 6.84. The topological polar surface area (TPSA) is 82.3 Å². The Morgan fingerprint density at radius 3 is 2.90 bits per heavy atom. The van der Waals surface area contributed by atoms with E-state index in [0.29, 0.717) is 30.5 Å². The van der Waals surface area contributed by atoms with E-state index in [1.54, 1.807) is 18.5 Å². The lowest BCUT2D eigenvalue weighted by Gasteiger charge is -2.11. The van der Waals surface area contributed by atoms with E-state index < -0.39 is 0 Å². The second kappa shape index (κ2) is 7.33. The van der Waals surface area contributed by atoms with E-state index >= 15 is 0 Å².